The summed E-state index contributed by atoms with van der Waals surface area (Å²) < 4.78 is 14.2. The van der Waals surface area contributed by atoms with Gasteiger partial charge < -0.3 is 15.5 Å². The molecule has 2 N–H and O–H groups in total. The fourth-order valence-corrected chi connectivity index (χ4v) is 4.90. The molecule has 0 atom stereocenters. The molecule has 0 radical (unpaired) electrons. The van der Waals surface area contributed by atoms with E-state index in [0.29, 0.717) is 34.2 Å². The van der Waals surface area contributed by atoms with Gasteiger partial charge in [0.05, 0.1) is 6.54 Å². The van der Waals surface area contributed by atoms with Crippen LogP contribution in [0.15, 0.2) is 18.2 Å². The molecule has 2 saturated carbocycles. The molecule has 0 unspecified atom stereocenters. The summed E-state index contributed by atoms with van der Waals surface area (Å²) in [6.07, 6.45) is 7.45. The SMILES string of the molecule is CN(C(=O)CN[C@H]1CC[C@@H](CNC(=O)c2cc(F)cc(I)c2)CC1)C1(C)CCC1. The smallest absolute Gasteiger partial charge is 0.251 e. The fourth-order valence-electron chi connectivity index (χ4n) is 4.27. The summed E-state index contributed by atoms with van der Waals surface area (Å²) in [6, 6.07) is 4.73. The zero-order valence-electron chi connectivity index (χ0n) is 17.3. The van der Waals surface area contributed by atoms with Crippen molar-refractivity contribution in [3.05, 3.63) is 33.1 Å². The molecular weight excluding hydrogens is 484 g/mol. The molecule has 0 aromatic heterocycles. The van der Waals surface area contributed by atoms with Crippen LogP contribution in [0.4, 0.5) is 4.39 Å². The van der Waals surface area contributed by atoms with Crippen LogP contribution in [0.25, 0.3) is 0 Å². The van der Waals surface area contributed by atoms with Crippen molar-refractivity contribution in [3.8, 4) is 0 Å². The maximum atomic E-state index is 13.5. The normalized spacial score (nSPS) is 23.2. The van der Waals surface area contributed by atoms with E-state index < -0.39 is 0 Å². The monoisotopic (exact) mass is 515 g/mol. The molecule has 0 spiro atoms. The van der Waals surface area contributed by atoms with Crippen molar-refractivity contribution in [3.63, 3.8) is 0 Å². The lowest BCUT2D eigenvalue weighted by Gasteiger charge is -2.46. The Morgan fingerprint density at radius 3 is 2.48 bits per heavy atom. The van der Waals surface area contributed by atoms with Gasteiger partial charge in [0, 0.05) is 34.3 Å². The number of benzene rings is 1. The van der Waals surface area contributed by atoms with Crippen molar-refractivity contribution in [2.45, 2.75) is 63.5 Å². The van der Waals surface area contributed by atoms with Crippen LogP contribution < -0.4 is 10.6 Å². The third-order valence-electron chi connectivity index (χ3n) is 6.68. The number of nitrogens with one attached hydrogen (secondary N) is 2. The average Bonchev–Trinajstić information content (AvgIpc) is 2.67. The van der Waals surface area contributed by atoms with Crippen molar-refractivity contribution >= 4 is 34.4 Å². The van der Waals surface area contributed by atoms with Crippen molar-refractivity contribution in [2.24, 2.45) is 5.92 Å². The number of carbonyl (C=O) groups is 2. The Labute approximate surface area is 186 Å². The Hall–Kier alpha value is -1.22. The highest BCUT2D eigenvalue weighted by molar-refractivity contribution is 14.1. The van der Waals surface area contributed by atoms with Gasteiger partial charge in [-0.1, -0.05) is 0 Å². The summed E-state index contributed by atoms with van der Waals surface area (Å²) in [5, 5.41) is 6.37. The van der Waals surface area contributed by atoms with Crippen LogP contribution >= 0.6 is 22.6 Å². The summed E-state index contributed by atoms with van der Waals surface area (Å²) in [6.45, 7) is 3.17. The highest BCUT2D eigenvalue weighted by Crippen LogP contribution is 2.36. The van der Waals surface area contributed by atoms with E-state index in [9.17, 15) is 14.0 Å². The molecule has 1 aromatic rings. The van der Waals surface area contributed by atoms with Gasteiger partial charge >= 0.3 is 0 Å². The van der Waals surface area contributed by atoms with Gasteiger partial charge in [0.1, 0.15) is 5.82 Å². The minimum Gasteiger partial charge on any atom is -0.352 e. The van der Waals surface area contributed by atoms with E-state index in [4.69, 9.17) is 0 Å². The van der Waals surface area contributed by atoms with Crippen LogP contribution in [0.2, 0.25) is 0 Å². The van der Waals surface area contributed by atoms with Gasteiger partial charge in [-0.2, -0.15) is 0 Å². The highest BCUT2D eigenvalue weighted by Gasteiger charge is 2.38. The van der Waals surface area contributed by atoms with Gasteiger partial charge in [-0.15, -0.1) is 0 Å². The quantitative estimate of drug-likeness (QED) is 0.545. The molecule has 7 heteroatoms. The van der Waals surface area contributed by atoms with Crippen molar-refractivity contribution in [1.29, 1.82) is 0 Å². The molecule has 0 heterocycles. The van der Waals surface area contributed by atoms with E-state index in [2.05, 4.69) is 17.6 Å². The molecule has 2 aliphatic carbocycles. The topological polar surface area (TPSA) is 61.4 Å². The molecular formula is C22H31FIN3O2. The molecule has 160 valence electrons. The molecule has 0 aliphatic heterocycles. The third-order valence-corrected chi connectivity index (χ3v) is 7.30. The highest BCUT2D eigenvalue weighted by atomic mass is 127. The number of hydrogen-bond donors (Lipinski definition) is 2. The van der Waals surface area contributed by atoms with Gasteiger partial charge in [-0.25, -0.2) is 4.39 Å². The second-order valence-corrected chi connectivity index (χ2v) is 10.0. The summed E-state index contributed by atoms with van der Waals surface area (Å²) in [4.78, 5) is 26.6. The lowest BCUT2D eigenvalue weighted by Crippen LogP contribution is -2.54. The summed E-state index contributed by atoms with van der Waals surface area (Å²) in [5.41, 5.74) is 0.418. The van der Waals surface area contributed by atoms with Crippen molar-refractivity contribution in [2.75, 3.05) is 20.1 Å². The predicted molar refractivity (Wildman–Crippen MR) is 120 cm³/mol. The van der Waals surface area contributed by atoms with E-state index in [1.165, 1.54) is 18.6 Å². The number of rotatable bonds is 7. The van der Waals surface area contributed by atoms with Gasteiger partial charge in [0.25, 0.3) is 5.91 Å². The zero-order chi connectivity index (χ0) is 21.0. The first-order valence-electron chi connectivity index (χ1n) is 10.5. The first-order valence-corrected chi connectivity index (χ1v) is 11.6. The van der Waals surface area contributed by atoms with Crippen LogP contribution in [-0.2, 0) is 4.79 Å². The average molecular weight is 515 g/mol. The van der Waals surface area contributed by atoms with Crippen LogP contribution in [0.1, 0.15) is 62.2 Å². The zero-order valence-corrected chi connectivity index (χ0v) is 19.4. The van der Waals surface area contributed by atoms with Gasteiger partial charge in [-0.3, -0.25) is 9.59 Å². The van der Waals surface area contributed by atoms with E-state index in [1.54, 1.807) is 6.07 Å². The number of carbonyl (C=O) groups excluding carboxylic acids is 2. The van der Waals surface area contributed by atoms with Crippen LogP contribution in [0, 0.1) is 15.3 Å². The van der Waals surface area contributed by atoms with Gasteiger partial charge in [-0.05, 0) is 98.6 Å². The second-order valence-electron chi connectivity index (χ2n) is 8.77. The molecule has 0 bridgehead atoms. The first kappa shape index (κ1) is 22.5. The molecule has 2 amide bonds. The minimum atomic E-state index is -0.389. The molecule has 29 heavy (non-hydrogen) atoms. The minimum absolute atomic E-state index is 0.0500. The fraction of sp³-hybridized carbons (Fsp3) is 0.636. The standard InChI is InChI=1S/C22H31FIN3O2/c1-22(8-3-9-22)27(2)20(28)14-25-19-6-4-15(5-7-19)13-26-21(29)16-10-17(23)12-18(24)11-16/h10-12,15,19,25H,3-9,13-14H2,1-2H3,(H,26,29)/t15-,19+. The van der Waals surface area contributed by atoms with Gasteiger partial charge in [0.15, 0.2) is 0 Å². The van der Waals surface area contributed by atoms with Crippen LogP contribution in [-0.4, -0.2) is 48.4 Å². The second kappa shape index (κ2) is 9.73. The summed E-state index contributed by atoms with van der Waals surface area (Å²) in [5.74, 6) is -0.0101. The molecule has 0 saturated heterocycles. The van der Waals surface area contributed by atoms with E-state index in [1.807, 2.05) is 34.5 Å². The Balaban J connectivity index is 1.36. The summed E-state index contributed by atoms with van der Waals surface area (Å²) >= 11 is 2.01. The number of halogens is 2. The Morgan fingerprint density at radius 1 is 1.21 bits per heavy atom. The predicted octanol–water partition coefficient (Wildman–Crippen LogP) is 3.71. The lowest BCUT2D eigenvalue weighted by molar-refractivity contribution is -0.137. The van der Waals surface area contributed by atoms with Gasteiger partial charge in [0.2, 0.25) is 5.91 Å². The summed E-state index contributed by atoms with van der Waals surface area (Å²) in [7, 11) is 1.92. The molecule has 5 nitrogen and oxygen atoms in total. The van der Waals surface area contributed by atoms with Crippen molar-refractivity contribution < 1.29 is 14.0 Å². The van der Waals surface area contributed by atoms with E-state index in [0.717, 1.165) is 38.5 Å². The lowest BCUT2D eigenvalue weighted by atomic mass is 9.77. The molecule has 1 aromatic carbocycles. The number of hydrogen-bond acceptors (Lipinski definition) is 3. The number of likely N-dealkylation sites (N-methyl/N-ethyl adjacent to an activating group) is 1. The number of nitrogens with zero attached hydrogens (tertiary/aromatic N) is 1. The Morgan fingerprint density at radius 2 is 1.90 bits per heavy atom. The van der Waals surface area contributed by atoms with Crippen molar-refractivity contribution in [1.82, 2.24) is 15.5 Å². The first-order chi connectivity index (χ1) is 13.8. The maximum Gasteiger partial charge on any atom is 0.251 e. The van der Waals surface area contributed by atoms with E-state index >= 15 is 0 Å². The number of amides is 2. The largest absolute Gasteiger partial charge is 0.352 e. The Bertz CT molecular complexity index is 725. The van der Waals surface area contributed by atoms with Crippen LogP contribution in [0.5, 0.6) is 0 Å². The third kappa shape index (κ3) is 5.90. The molecule has 2 aliphatic rings. The molecule has 2 fully saturated rings. The van der Waals surface area contributed by atoms with Crippen LogP contribution in [0.3, 0.4) is 0 Å². The molecule has 3 rings (SSSR count). The Kier molecular flexibility index (Phi) is 7.53. The van der Waals surface area contributed by atoms with E-state index in [-0.39, 0.29) is 23.2 Å². The maximum absolute atomic E-state index is 13.5.